The molecule has 26 heavy (non-hydrogen) atoms. The summed E-state index contributed by atoms with van der Waals surface area (Å²) in [6.45, 7) is -1.13. The zero-order valence-corrected chi connectivity index (χ0v) is 15.1. The first-order valence-corrected chi connectivity index (χ1v) is 8.52. The fraction of sp³-hybridized carbons (Fsp3) is 0.625. The van der Waals surface area contributed by atoms with E-state index >= 15 is 0 Å². The SMILES string of the molecule is CN(C)Cc1nnc(C2CCN(C(=O)c3ccnn3C(F)F)CC2)n1C. The molecule has 3 heterocycles. The minimum absolute atomic E-state index is 0.0784. The molecule has 0 spiro atoms. The molecule has 0 N–H and O–H groups in total. The van der Waals surface area contributed by atoms with Gasteiger partial charge in [0.2, 0.25) is 0 Å². The Bertz CT molecular complexity index is 762. The first kappa shape index (κ1) is 18.4. The number of piperidine rings is 1. The van der Waals surface area contributed by atoms with Crippen LogP contribution in [-0.2, 0) is 13.6 Å². The molecule has 1 aliphatic rings. The van der Waals surface area contributed by atoms with E-state index in [1.54, 1.807) is 4.90 Å². The quantitative estimate of drug-likeness (QED) is 0.801. The highest BCUT2D eigenvalue weighted by molar-refractivity contribution is 5.92. The lowest BCUT2D eigenvalue weighted by Gasteiger charge is -2.31. The number of carbonyl (C=O) groups excluding carboxylic acids is 1. The van der Waals surface area contributed by atoms with Crippen molar-refractivity contribution in [3.63, 3.8) is 0 Å². The van der Waals surface area contributed by atoms with Crippen LogP contribution in [-0.4, -0.2) is 67.4 Å². The lowest BCUT2D eigenvalue weighted by atomic mass is 9.95. The molecule has 0 atom stereocenters. The van der Waals surface area contributed by atoms with E-state index in [9.17, 15) is 13.6 Å². The first-order valence-electron chi connectivity index (χ1n) is 8.52. The maximum absolute atomic E-state index is 12.9. The molecule has 0 unspecified atom stereocenters. The molecule has 8 nitrogen and oxygen atoms in total. The van der Waals surface area contributed by atoms with Crippen molar-refractivity contribution in [2.24, 2.45) is 7.05 Å². The summed E-state index contributed by atoms with van der Waals surface area (Å²) in [5.41, 5.74) is -0.0784. The summed E-state index contributed by atoms with van der Waals surface area (Å²) in [6, 6.07) is 1.33. The predicted octanol–water partition coefficient (Wildman–Crippen LogP) is 1.49. The predicted molar refractivity (Wildman–Crippen MR) is 89.8 cm³/mol. The number of likely N-dealkylation sites (tertiary alicyclic amines) is 1. The van der Waals surface area contributed by atoms with Gasteiger partial charge >= 0.3 is 6.55 Å². The molecule has 2 aromatic rings. The van der Waals surface area contributed by atoms with Crippen LogP contribution in [0.4, 0.5) is 8.78 Å². The molecule has 1 saturated heterocycles. The number of nitrogens with zero attached hydrogens (tertiary/aromatic N) is 7. The van der Waals surface area contributed by atoms with Crippen molar-refractivity contribution in [2.75, 3.05) is 27.2 Å². The number of amides is 1. The Kier molecular flexibility index (Phi) is 5.30. The summed E-state index contributed by atoms with van der Waals surface area (Å²) in [6.07, 6.45) is 2.67. The van der Waals surface area contributed by atoms with Gasteiger partial charge in [0.1, 0.15) is 17.3 Å². The molecule has 0 aromatic carbocycles. The molecule has 0 radical (unpaired) electrons. The second kappa shape index (κ2) is 7.48. The third kappa shape index (κ3) is 3.59. The van der Waals surface area contributed by atoms with E-state index in [1.165, 1.54) is 12.3 Å². The zero-order valence-electron chi connectivity index (χ0n) is 15.1. The number of rotatable bonds is 5. The zero-order chi connectivity index (χ0) is 18.8. The summed E-state index contributed by atoms with van der Waals surface area (Å²) >= 11 is 0. The Labute approximate surface area is 150 Å². The van der Waals surface area contributed by atoms with Crippen LogP contribution in [0.25, 0.3) is 0 Å². The third-order valence-electron chi connectivity index (χ3n) is 4.68. The van der Waals surface area contributed by atoms with Gasteiger partial charge in [-0.2, -0.15) is 18.6 Å². The Hall–Kier alpha value is -2.36. The summed E-state index contributed by atoms with van der Waals surface area (Å²) in [4.78, 5) is 16.1. The monoisotopic (exact) mass is 367 g/mol. The molecular weight excluding hydrogens is 344 g/mol. The molecule has 2 aromatic heterocycles. The summed E-state index contributed by atoms with van der Waals surface area (Å²) in [7, 11) is 5.90. The fourth-order valence-corrected chi connectivity index (χ4v) is 3.29. The van der Waals surface area contributed by atoms with Crippen molar-refractivity contribution >= 4 is 5.91 Å². The number of hydrogen-bond acceptors (Lipinski definition) is 5. The highest BCUT2D eigenvalue weighted by atomic mass is 19.3. The van der Waals surface area contributed by atoms with Crippen molar-refractivity contribution in [2.45, 2.75) is 31.9 Å². The van der Waals surface area contributed by atoms with Crippen LogP contribution in [0, 0.1) is 0 Å². The Morgan fingerprint density at radius 2 is 2.00 bits per heavy atom. The summed E-state index contributed by atoms with van der Waals surface area (Å²) in [5.74, 6) is 1.59. The van der Waals surface area contributed by atoms with Crippen molar-refractivity contribution in [1.82, 2.24) is 34.3 Å². The molecule has 142 valence electrons. The van der Waals surface area contributed by atoms with E-state index in [4.69, 9.17) is 0 Å². The molecule has 1 fully saturated rings. The average Bonchev–Trinajstić information content (AvgIpc) is 3.22. The molecule has 1 amide bonds. The molecule has 0 aliphatic carbocycles. The smallest absolute Gasteiger partial charge is 0.333 e. The van der Waals surface area contributed by atoms with Gasteiger partial charge in [0, 0.05) is 32.3 Å². The molecule has 10 heteroatoms. The van der Waals surface area contributed by atoms with E-state index in [0.29, 0.717) is 24.3 Å². The second-order valence-corrected chi connectivity index (χ2v) is 6.78. The lowest BCUT2D eigenvalue weighted by molar-refractivity contribution is 0.0450. The first-order chi connectivity index (χ1) is 12.4. The van der Waals surface area contributed by atoms with E-state index in [1.807, 2.05) is 30.6 Å². The van der Waals surface area contributed by atoms with Crippen molar-refractivity contribution in [3.8, 4) is 0 Å². The van der Waals surface area contributed by atoms with Gasteiger partial charge in [0.15, 0.2) is 0 Å². The summed E-state index contributed by atoms with van der Waals surface area (Å²) in [5, 5.41) is 12.1. The molecule has 1 aliphatic heterocycles. The lowest BCUT2D eigenvalue weighted by Crippen LogP contribution is -2.39. The van der Waals surface area contributed by atoms with Crippen LogP contribution >= 0.6 is 0 Å². The highest BCUT2D eigenvalue weighted by Gasteiger charge is 2.30. The van der Waals surface area contributed by atoms with Gasteiger partial charge in [-0.25, -0.2) is 0 Å². The van der Waals surface area contributed by atoms with Gasteiger partial charge in [-0.1, -0.05) is 0 Å². The average molecular weight is 367 g/mol. The van der Waals surface area contributed by atoms with Gasteiger partial charge in [-0.15, -0.1) is 10.2 Å². The normalized spacial score (nSPS) is 16.0. The van der Waals surface area contributed by atoms with Crippen LogP contribution < -0.4 is 0 Å². The van der Waals surface area contributed by atoms with Crippen molar-refractivity contribution in [1.29, 1.82) is 0 Å². The van der Waals surface area contributed by atoms with Crippen LogP contribution in [0.1, 0.15) is 47.4 Å². The number of carbonyl (C=O) groups is 1. The van der Waals surface area contributed by atoms with E-state index < -0.39 is 12.5 Å². The number of aromatic nitrogens is 5. The highest BCUT2D eigenvalue weighted by Crippen LogP contribution is 2.28. The Balaban J connectivity index is 1.65. The van der Waals surface area contributed by atoms with Gasteiger partial charge in [-0.05, 0) is 33.0 Å². The fourth-order valence-electron chi connectivity index (χ4n) is 3.29. The van der Waals surface area contributed by atoms with Crippen LogP contribution in [0.2, 0.25) is 0 Å². The van der Waals surface area contributed by atoms with Crippen LogP contribution in [0.3, 0.4) is 0 Å². The minimum Gasteiger partial charge on any atom is -0.337 e. The number of halogens is 2. The van der Waals surface area contributed by atoms with E-state index in [-0.39, 0.29) is 11.6 Å². The second-order valence-electron chi connectivity index (χ2n) is 6.78. The molecule has 3 rings (SSSR count). The van der Waals surface area contributed by atoms with Crippen LogP contribution in [0.5, 0.6) is 0 Å². The van der Waals surface area contributed by atoms with E-state index in [0.717, 1.165) is 24.5 Å². The van der Waals surface area contributed by atoms with Gasteiger partial charge in [0.25, 0.3) is 5.91 Å². The topological polar surface area (TPSA) is 72.1 Å². The maximum Gasteiger partial charge on any atom is 0.333 e. The standard InChI is InChI=1S/C16H23F2N7O/c1-22(2)10-13-20-21-14(23(13)3)11-5-8-24(9-6-11)15(26)12-4-7-19-25(12)16(17)18/h4,7,11,16H,5-6,8-10H2,1-3H3. The summed E-state index contributed by atoms with van der Waals surface area (Å²) < 4.78 is 28.3. The van der Waals surface area contributed by atoms with Gasteiger partial charge in [-0.3, -0.25) is 4.79 Å². The Morgan fingerprint density at radius 1 is 1.31 bits per heavy atom. The number of alkyl halides is 2. The third-order valence-corrected chi connectivity index (χ3v) is 4.68. The van der Waals surface area contributed by atoms with E-state index in [2.05, 4.69) is 15.3 Å². The van der Waals surface area contributed by atoms with Gasteiger partial charge < -0.3 is 14.4 Å². The molecule has 0 saturated carbocycles. The van der Waals surface area contributed by atoms with Gasteiger partial charge in [0.05, 0.1) is 6.54 Å². The molecular formula is C16H23F2N7O. The minimum atomic E-state index is -2.82. The number of hydrogen-bond donors (Lipinski definition) is 0. The Morgan fingerprint density at radius 3 is 2.62 bits per heavy atom. The van der Waals surface area contributed by atoms with Crippen LogP contribution in [0.15, 0.2) is 12.3 Å². The molecule has 0 bridgehead atoms. The maximum atomic E-state index is 12.9. The largest absolute Gasteiger partial charge is 0.337 e. The van der Waals surface area contributed by atoms with Crippen molar-refractivity contribution < 1.29 is 13.6 Å². The van der Waals surface area contributed by atoms with Crippen molar-refractivity contribution in [3.05, 3.63) is 29.6 Å².